The number of halogens is 1. The van der Waals surface area contributed by atoms with E-state index in [0.29, 0.717) is 12.0 Å². The number of hydrogen-bond donors (Lipinski definition) is 1. The third kappa shape index (κ3) is 2.49. The lowest BCUT2D eigenvalue weighted by atomic mass is 9.80. The molecule has 2 atom stereocenters. The van der Waals surface area contributed by atoms with E-state index in [1.807, 2.05) is 0 Å². The van der Waals surface area contributed by atoms with Crippen LogP contribution in [0.15, 0.2) is 30.3 Å². The molecule has 0 saturated heterocycles. The molecule has 0 spiro atoms. The molecule has 0 amide bonds. The zero-order chi connectivity index (χ0) is 9.10. The molecule has 0 bridgehead atoms. The van der Waals surface area contributed by atoms with Crippen molar-refractivity contribution in [1.29, 1.82) is 0 Å². The van der Waals surface area contributed by atoms with E-state index in [4.69, 9.17) is 5.73 Å². The molecule has 14 heavy (non-hydrogen) atoms. The monoisotopic (exact) mass is 211 g/mol. The lowest BCUT2D eigenvalue weighted by Crippen LogP contribution is -2.31. The molecular formula is C12H18ClN. The van der Waals surface area contributed by atoms with Crippen LogP contribution < -0.4 is 5.73 Å². The summed E-state index contributed by atoms with van der Waals surface area (Å²) in [5, 5.41) is 0. The Labute approximate surface area is 92.1 Å². The first-order valence-corrected chi connectivity index (χ1v) is 5.18. The van der Waals surface area contributed by atoms with Gasteiger partial charge in [0.15, 0.2) is 0 Å². The van der Waals surface area contributed by atoms with Crippen LogP contribution in [0.25, 0.3) is 0 Å². The van der Waals surface area contributed by atoms with Gasteiger partial charge in [0.2, 0.25) is 0 Å². The second-order valence-electron chi connectivity index (χ2n) is 3.97. The van der Waals surface area contributed by atoms with Crippen LogP contribution in [-0.2, 0) is 0 Å². The van der Waals surface area contributed by atoms with Gasteiger partial charge in [-0.2, -0.15) is 0 Å². The Balaban J connectivity index is 0.000000980. The van der Waals surface area contributed by atoms with Gasteiger partial charge < -0.3 is 5.73 Å². The quantitative estimate of drug-likeness (QED) is 0.759. The third-order valence-corrected chi connectivity index (χ3v) is 3.05. The molecule has 0 unspecified atom stereocenters. The molecule has 0 aliphatic heterocycles. The first-order valence-electron chi connectivity index (χ1n) is 5.18. The second-order valence-corrected chi connectivity index (χ2v) is 3.97. The molecule has 1 saturated carbocycles. The van der Waals surface area contributed by atoms with Gasteiger partial charge in [0.25, 0.3) is 0 Å². The Morgan fingerprint density at radius 3 is 2.29 bits per heavy atom. The smallest absolute Gasteiger partial charge is 0.0108 e. The lowest BCUT2D eigenvalue weighted by Gasteiger charge is -2.28. The van der Waals surface area contributed by atoms with Gasteiger partial charge in [0.05, 0.1) is 0 Å². The summed E-state index contributed by atoms with van der Waals surface area (Å²) in [5.41, 5.74) is 7.54. The highest BCUT2D eigenvalue weighted by molar-refractivity contribution is 5.85. The minimum Gasteiger partial charge on any atom is -0.327 e. The Kier molecular flexibility index (Phi) is 4.43. The zero-order valence-electron chi connectivity index (χ0n) is 8.36. The van der Waals surface area contributed by atoms with Crippen molar-refractivity contribution in [3.8, 4) is 0 Å². The fourth-order valence-corrected chi connectivity index (χ4v) is 2.27. The molecule has 1 nitrogen and oxygen atoms in total. The highest BCUT2D eigenvalue weighted by atomic mass is 35.5. The summed E-state index contributed by atoms with van der Waals surface area (Å²) in [6, 6.07) is 11.1. The molecule has 0 radical (unpaired) electrons. The maximum atomic E-state index is 6.11. The molecule has 1 aromatic rings. The SMILES string of the molecule is Cl.N[C@@H]1CCCC[C@@H]1c1ccccc1. The fourth-order valence-electron chi connectivity index (χ4n) is 2.27. The van der Waals surface area contributed by atoms with E-state index in [1.165, 1.54) is 31.2 Å². The first-order chi connectivity index (χ1) is 6.38. The molecule has 2 N–H and O–H groups in total. The molecule has 0 heterocycles. The summed E-state index contributed by atoms with van der Waals surface area (Å²) in [5.74, 6) is 0.606. The highest BCUT2D eigenvalue weighted by Gasteiger charge is 2.22. The van der Waals surface area contributed by atoms with Gasteiger partial charge in [-0.1, -0.05) is 43.2 Å². The predicted octanol–water partition coefficient (Wildman–Crippen LogP) is 3.09. The Bertz CT molecular complexity index is 260. The minimum atomic E-state index is 0. The van der Waals surface area contributed by atoms with Crippen molar-refractivity contribution in [3.63, 3.8) is 0 Å². The van der Waals surface area contributed by atoms with Crippen LogP contribution in [0.3, 0.4) is 0 Å². The molecule has 1 fully saturated rings. The molecule has 1 aromatic carbocycles. The van der Waals surface area contributed by atoms with Crippen LogP contribution in [-0.4, -0.2) is 6.04 Å². The molecule has 2 rings (SSSR count). The van der Waals surface area contributed by atoms with Gasteiger partial charge in [0.1, 0.15) is 0 Å². The zero-order valence-corrected chi connectivity index (χ0v) is 9.17. The van der Waals surface area contributed by atoms with Gasteiger partial charge in [-0.25, -0.2) is 0 Å². The molecule has 1 aliphatic rings. The van der Waals surface area contributed by atoms with Crippen LogP contribution in [0.5, 0.6) is 0 Å². The molecular weight excluding hydrogens is 194 g/mol. The lowest BCUT2D eigenvalue weighted by molar-refractivity contribution is 0.385. The van der Waals surface area contributed by atoms with Crippen molar-refractivity contribution in [2.75, 3.05) is 0 Å². The van der Waals surface area contributed by atoms with Crippen molar-refractivity contribution in [3.05, 3.63) is 35.9 Å². The third-order valence-electron chi connectivity index (χ3n) is 3.05. The van der Waals surface area contributed by atoms with Crippen LogP contribution in [0.1, 0.15) is 37.2 Å². The number of benzene rings is 1. The number of nitrogens with two attached hydrogens (primary N) is 1. The van der Waals surface area contributed by atoms with Crippen LogP contribution >= 0.6 is 12.4 Å². The Morgan fingerprint density at radius 1 is 1.00 bits per heavy atom. The topological polar surface area (TPSA) is 26.0 Å². The van der Waals surface area contributed by atoms with E-state index in [-0.39, 0.29) is 12.4 Å². The van der Waals surface area contributed by atoms with E-state index in [9.17, 15) is 0 Å². The molecule has 0 aromatic heterocycles. The average molecular weight is 212 g/mol. The van der Waals surface area contributed by atoms with E-state index in [1.54, 1.807) is 0 Å². The van der Waals surface area contributed by atoms with E-state index in [0.717, 1.165) is 0 Å². The van der Waals surface area contributed by atoms with Crippen molar-refractivity contribution in [2.24, 2.45) is 5.73 Å². The summed E-state index contributed by atoms with van der Waals surface area (Å²) < 4.78 is 0. The normalized spacial score (nSPS) is 26.6. The van der Waals surface area contributed by atoms with Crippen molar-refractivity contribution in [1.82, 2.24) is 0 Å². The average Bonchev–Trinajstić information content (AvgIpc) is 2.20. The van der Waals surface area contributed by atoms with Crippen molar-refractivity contribution >= 4 is 12.4 Å². The molecule has 78 valence electrons. The molecule has 1 aliphatic carbocycles. The van der Waals surface area contributed by atoms with Gasteiger partial charge in [-0.3, -0.25) is 0 Å². The van der Waals surface area contributed by atoms with Gasteiger partial charge in [-0.05, 0) is 24.3 Å². The first kappa shape index (κ1) is 11.5. The van der Waals surface area contributed by atoms with Crippen molar-refractivity contribution in [2.45, 2.75) is 37.6 Å². The van der Waals surface area contributed by atoms with E-state index in [2.05, 4.69) is 30.3 Å². The van der Waals surface area contributed by atoms with Crippen LogP contribution in [0.4, 0.5) is 0 Å². The summed E-state index contributed by atoms with van der Waals surface area (Å²) in [7, 11) is 0. The van der Waals surface area contributed by atoms with E-state index >= 15 is 0 Å². The maximum absolute atomic E-state index is 6.11. The second kappa shape index (κ2) is 5.38. The Hall–Kier alpha value is -0.530. The maximum Gasteiger partial charge on any atom is 0.0108 e. The minimum absolute atomic E-state index is 0. The largest absolute Gasteiger partial charge is 0.327 e. The standard InChI is InChI=1S/C12H17N.ClH/c13-12-9-5-4-8-11(12)10-6-2-1-3-7-10;/h1-3,6-7,11-12H,4-5,8-9,13H2;1H/t11-,12-;/m1./s1. The van der Waals surface area contributed by atoms with Gasteiger partial charge in [0, 0.05) is 6.04 Å². The predicted molar refractivity (Wildman–Crippen MR) is 62.9 cm³/mol. The summed E-state index contributed by atoms with van der Waals surface area (Å²) in [4.78, 5) is 0. The summed E-state index contributed by atoms with van der Waals surface area (Å²) >= 11 is 0. The van der Waals surface area contributed by atoms with Crippen molar-refractivity contribution < 1.29 is 0 Å². The van der Waals surface area contributed by atoms with E-state index < -0.39 is 0 Å². The number of rotatable bonds is 1. The highest BCUT2D eigenvalue weighted by Crippen LogP contribution is 2.31. The van der Waals surface area contributed by atoms with Crippen LogP contribution in [0, 0.1) is 0 Å². The van der Waals surface area contributed by atoms with Gasteiger partial charge in [-0.15, -0.1) is 12.4 Å². The Morgan fingerprint density at radius 2 is 1.64 bits per heavy atom. The van der Waals surface area contributed by atoms with Gasteiger partial charge >= 0.3 is 0 Å². The summed E-state index contributed by atoms with van der Waals surface area (Å²) in [6.45, 7) is 0. The molecule has 2 heteroatoms. The van der Waals surface area contributed by atoms with Crippen LogP contribution in [0.2, 0.25) is 0 Å². The summed E-state index contributed by atoms with van der Waals surface area (Å²) in [6.07, 6.45) is 5.11. The fraction of sp³-hybridized carbons (Fsp3) is 0.500. The number of hydrogen-bond acceptors (Lipinski definition) is 1.